The molecule has 18 heavy (non-hydrogen) atoms. The van der Waals surface area contributed by atoms with Crippen LogP contribution in [0.3, 0.4) is 0 Å². The third kappa shape index (κ3) is 2.21. The number of rotatable bonds is 1. The molecule has 3 aliphatic rings. The average molecular weight is 252 g/mol. The second kappa shape index (κ2) is 4.46. The van der Waals surface area contributed by atoms with E-state index in [4.69, 9.17) is 10.5 Å². The van der Waals surface area contributed by atoms with Crippen LogP contribution >= 0.6 is 0 Å². The Bertz CT molecular complexity index is 308. The summed E-state index contributed by atoms with van der Waals surface area (Å²) < 4.78 is 6.04. The van der Waals surface area contributed by atoms with Crippen LogP contribution in [0.2, 0.25) is 0 Å². The maximum atomic E-state index is 6.24. The van der Waals surface area contributed by atoms with Gasteiger partial charge in [0, 0.05) is 25.2 Å². The van der Waals surface area contributed by atoms with Crippen molar-refractivity contribution in [3.63, 3.8) is 0 Å². The lowest BCUT2D eigenvalue weighted by atomic mass is 9.72. The Kier molecular flexibility index (Phi) is 3.20. The van der Waals surface area contributed by atoms with Crippen LogP contribution in [0.5, 0.6) is 0 Å². The summed E-state index contributed by atoms with van der Waals surface area (Å²) in [5, 5.41) is 0. The lowest BCUT2D eigenvalue weighted by Gasteiger charge is -2.52. The fourth-order valence-corrected chi connectivity index (χ4v) is 3.96. The van der Waals surface area contributed by atoms with Crippen LogP contribution in [-0.4, -0.2) is 42.3 Å². The zero-order valence-corrected chi connectivity index (χ0v) is 12.0. The SMILES string of the molecule is CC1(C)CN(C2CCOC3(CCC3)C2)CCC1N. The highest BCUT2D eigenvalue weighted by molar-refractivity contribution is 4.99. The van der Waals surface area contributed by atoms with E-state index in [1.807, 2.05) is 0 Å². The van der Waals surface area contributed by atoms with Gasteiger partial charge < -0.3 is 10.5 Å². The Balaban J connectivity index is 1.64. The first-order valence-corrected chi connectivity index (χ1v) is 7.64. The molecule has 0 aromatic heterocycles. The molecule has 2 heterocycles. The van der Waals surface area contributed by atoms with Crippen LogP contribution in [0.4, 0.5) is 0 Å². The first-order valence-electron chi connectivity index (χ1n) is 7.64. The van der Waals surface area contributed by atoms with E-state index in [0.29, 0.717) is 6.04 Å². The number of likely N-dealkylation sites (tertiary alicyclic amines) is 1. The summed E-state index contributed by atoms with van der Waals surface area (Å²) in [7, 11) is 0. The van der Waals surface area contributed by atoms with Crippen LogP contribution in [0.15, 0.2) is 0 Å². The van der Waals surface area contributed by atoms with Gasteiger partial charge in [0.25, 0.3) is 0 Å². The molecule has 2 unspecified atom stereocenters. The minimum absolute atomic E-state index is 0.267. The van der Waals surface area contributed by atoms with Crippen LogP contribution in [-0.2, 0) is 4.74 Å². The van der Waals surface area contributed by atoms with Crippen molar-refractivity contribution in [3.8, 4) is 0 Å². The van der Waals surface area contributed by atoms with Gasteiger partial charge in [0.2, 0.25) is 0 Å². The van der Waals surface area contributed by atoms with E-state index in [0.717, 1.165) is 25.6 Å². The van der Waals surface area contributed by atoms with E-state index < -0.39 is 0 Å². The molecule has 3 nitrogen and oxygen atoms in total. The molecule has 104 valence electrons. The van der Waals surface area contributed by atoms with Gasteiger partial charge in [0.1, 0.15) is 0 Å². The molecule has 3 heteroatoms. The monoisotopic (exact) mass is 252 g/mol. The zero-order valence-electron chi connectivity index (χ0n) is 12.0. The minimum Gasteiger partial charge on any atom is -0.375 e. The lowest BCUT2D eigenvalue weighted by Crippen LogP contribution is -2.58. The molecule has 2 saturated heterocycles. The first-order chi connectivity index (χ1) is 8.51. The molecule has 1 spiro atoms. The van der Waals surface area contributed by atoms with Gasteiger partial charge in [0.15, 0.2) is 0 Å². The van der Waals surface area contributed by atoms with Gasteiger partial charge in [-0.1, -0.05) is 13.8 Å². The Labute approximate surface area is 111 Å². The van der Waals surface area contributed by atoms with Gasteiger partial charge in [-0.25, -0.2) is 0 Å². The van der Waals surface area contributed by atoms with Gasteiger partial charge in [0.05, 0.1) is 5.60 Å². The van der Waals surface area contributed by atoms with Crippen LogP contribution in [0.25, 0.3) is 0 Å². The topological polar surface area (TPSA) is 38.5 Å². The van der Waals surface area contributed by atoms with Gasteiger partial charge >= 0.3 is 0 Å². The number of ether oxygens (including phenoxy) is 1. The lowest BCUT2D eigenvalue weighted by molar-refractivity contribution is -0.153. The number of nitrogens with two attached hydrogens (primary N) is 1. The fraction of sp³-hybridized carbons (Fsp3) is 1.00. The summed E-state index contributed by atoms with van der Waals surface area (Å²) >= 11 is 0. The summed E-state index contributed by atoms with van der Waals surface area (Å²) in [5.74, 6) is 0. The molecular formula is C15H28N2O. The van der Waals surface area contributed by atoms with E-state index in [2.05, 4.69) is 18.7 Å². The van der Waals surface area contributed by atoms with Crippen molar-refractivity contribution >= 4 is 0 Å². The molecule has 1 aliphatic carbocycles. The minimum atomic E-state index is 0.267. The summed E-state index contributed by atoms with van der Waals surface area (Å²) in [6.07, 6.45) is 7.58. The molecule has 1 saturated carbocycles. The third-order valence-corrected chi connectivity index (χ3v) is 5.59. The van der Waals surface area contributed by atoms with E-state index in [-0.39, 0.29) is 11.0 Å². The van der Waals surface area contributed by atoms with Crippen molar-refractivity contribution in [1.29, 1.82) is 0 Å². The quantitative estimate of drug-likeness (QED) is 0.777. The Morgan fingerprint density at radius 3 is 2.61 bits per heavy atom. The second-order valence-corrected chi connectivity index (χ2v) is 7.39. The highest BCUT2D eigenvalue weighted by Gasteiger charge is 2.45. The first kappa shape index (κ1) is 12.9. The largest absolute Gasteiger partial charge is 0.375 e. The Morgan fingerprint density at radius 1 is 1.22 bits per heavy atom. The summed E-state index contributed by atoms with van der Waals surface area (Å²) in [6, 6.07) is 1.11. The van der Waals surface area contributed by atoms with Crippen LogP contribution in [0, 0.1) is 5.41 Å². The molecule has 0 aromatic carbocycles. The molecular weight excluding hydrogens is 224 g/mol. The van der Waals surface area contributed by atoms with E-state index in [9.17, 15) is 0 Å². The summed E-state index contributed by atoms with van der Waals surface area (Å²) in [4.78, 5) is 2.70. The highest BCUT2D eigenvalue weighted by Crippen LogP contribution is 2.44. The maximum Gasteiger partial charge on any atom is 0.0697 e. The molecule has 2 atom stereocenters. The molecule has 3 rings (SSSR count). The fourth-order valence-electron chi connectivity index (χ4n) is 3.96. The molecule has 0 aromatic rings. The zero-order chi connectivity index (χ0) is 12.8. The highest BCUT2D eigenvalue weighted by atomic mass is 16.5. The number of hydrogen-bond donors (Lipinski definition) is 1. The molecule has 2 N–H and O–H groups in total. The summed E-state index contributed by atoms with van der Waals surface area (Å²) in [5.41, 5.74) is 6.78. The Morgan fingerprint density at radius 2 is 2.00 bits per heavy atom. The molecule has 0 amide bonds. The third-order valence-electron chi connectivity index (χ3n) is 5.59. The smallest absolute Gasteiger partial charge is 0.0697 e. The van der Waals surface area contributed by atoms with Crippen molar-refractivity contribution in [2.75, 3.05) is 19.7 Å². The standard InChI is InChI=1S/C15H28N2O/c1-14(2)11-17(8-4-13(14)16)12-5-9-18-15(10-12)6-3-7-15/h12-13H,3-11,16H2,1-2H3. The van der Waals surface area contributed by atoms with E-state index in [1.54, 1.807) is 0 Å². The predicted octanol–water partition coefficient (Wildman–Crippen LogP) is 2.15. The predicted molar refractivity (Wildman–Crippen MR) is 73.5 cm³/mol. The normalized spacial score (nSPS) is 39.5. The van der Waals surface area contributed by atoms with Gasteiger partial charge in [-0.2, -0.15) is 0 Å². The van der Waals surface area contributed by atoms with Crippen molar-refractivity contribution in [2.45, 2.75) is 70.1 Å². The van der Waals surface area contributed by atoms with Crippen molar-refractivity contribution in [2.24, 2.45) is 11.1 Å². The number of nitrogens with zero attached hydrogens (tertiary/aromatic N) is 1. The average Bonchev–Trinajstić information content (AvgIpc) is 2.31. The molecule has 2 aliphatic heterocycles. The van der Waals surface area contributed by atoms with Gasteiger partial charge in [-0.05, 0) is 50.5 Å². The van der Waals surface area contributed by atoms with Gasteiger partial charge in [-0.15, -0.1) is 0 Å². The van der Waals surface area contributed by atoms with E-state index >= 15 is 0 Å². The van der Waals surface area contributed by atoms with Crippen LogP contribution < -0.4 is 5.73 Å². The van der Waals surface area contributed by atoms with Crippen molar-refractivity contribution < 1.29 is 4.74 Å². The molecule has 3 fully saturated rings. The van der Waals surface area contributed by atoms with E-state index in [1.165, 1.54) is 38.6 Å². The van der Waals surface area contributed by atoms with Crippen molar-refractivity contribution in [3.05, 3.63) is 0 Å². The summed E-state index contributed by atoms with van der Waals surface area (Å²) in [6.45, 7) is 7.96. The second-order valence-electron chi connectivity index (χ2n) is 7.39. The molecule has 0 bridgehead atoms. The Hall–Kier alpha value is -0.120. The number of piperidine rings is 1. The van der Waals surface area contributed by atoms with Crippen LogP contribution in [0.1, 0.15) is 52.4 Å². The maximum absolute atomic E-state index is 6.24. The van der Waals surface area contributed by atoms with Crippen molar-refractivity contribution in [1.82, 2.24) is 4.90 Å². The van der Waals surface area contributed by atoms with Gasteiger partial charge in [-0.3, -0.25) is 4.90 Å². The number of hydrogen-bond acceptors (Lipinski definition) is 3. The molecule has 0 radical (unpaired) electrons.